The van der Waals surface area contributed by atoms with Gasteiger partial charge in [-0.3, -0.25) is 15.0 Å². The maximum absolute atomic E-state index is 14.1. The van der Waals surface area contributed by atoms with Crippen LogP contribution in [-0.2, 0) is 4.74 Å². The molecule has 0 aliphatic carbocycles. The average Bonchev–Trinajstić information content (AvgIpc) is 3.07. The van der Waals surface area contributed by atoms with E-state index in [-0.39, 0.29) is 29.8 Å². The lowest BCUT2D eigenvalue weighted by Crippen LogP contribution is -2.31. The fraction of sp³-hybridized carbons (Fsp3) is 0.222. The molecule has 0 radical (unpaired) electrons. The Bertz CT molecular complexity index is 934. The molecule has 2 atom stereocenters. The summed E-state index contributed by atoms with van der Waals surface area (Å²) in [6, 6.07) is 6.44. The first kappa shape index (κ1) is 19.2. The molecule has 1 fully saturated rings. The topological polar surface area (TPSA) is 110 Å². The van der Waals surface area contributed by atoms with Crippen molar-refractivity contribution < 1.29 is 33.1 Å². The third-order valence-corrected chi connectivity index (χ3v) is 4.41. The fourth-order valence-corrected chi connectivity index (χ4v) is 3.10. The molecule has 28 heavy (non-hydrogen) atoms. The lowest BCUT2D eigenvalue weighted by Gasteiger charge is -2.21. The van der Waals surface area contributed by atoms with Gasteiger partial charge in [0, 0.05) is 24.1 Å². The highest BCUT2D eigenvalue weighted by Crippen LogP contribution is 2.35. The van der Waals surface area contributed by atoms with Gasteiger partial charge < -0.3 is 9.84 Å². The standard InChI is InChI=1S/C18H14F2N2O6/c19-11-3-6-15(20)14(7-11)16-8-13(9-21(16)18(24)25)28-17(23)10-1-4-12(5-2-10)22(26)27/h1-7,13,16H,8-9H2,(H,24,25)/t13-,16-/m0/s1. The Balaban J connectivity index is 1.76. The van der Waals surface area contributed by atoms with Crippen LogP contribution in [0.3, 0.4) is 0 Å². The average molecular weight is 392 g/mol. The van der Waals surface area contributed by atoms with Gasteiger partial charge in [-0.1, -0.05) is 0 Å². The molecule has 1 saturated heterocycles. The molecule has 0 spiro atoms. The van der Waals surface area contributed by atoms with E-state index < -0.39 is 40.8 Å². The van der Waals surface area contributed by atoms with Crippen LogP contribution in [0.5, 0.6) is 0 Å². The van der Waals surface area contributed by atoms with Crippen molar-refractivity contribution >= 4 is 17.7 Å². The number of carboxylic acid groups (broad SMARTS) is 1. The van der Waals surface area contributed by atoms with Crippen molar-refractivity contribution in [1.29, 1.82) is 0 Å². The molecule has 1 aliphatic rings. The van der Waals surface area contributed by atoms with Gasteiger partial charge in [0.15, 0.2) is 0 Å². The van der Waals surface area contributed by atoms with Crippen molar-refractivity contribution in [1.82, 2.24) is 4.90 Å². The Morgan fingerprint density at radius 1 is 1.18 bits per heavy atom. The number of likely N-dealkylation sites (tertiary alicyclic amines) is 1. The van der Waals surface area contributed by atoms with Gasteiger partial charge in [0.2, 0.25) is 0 Å². The van der Waals surface area contributed by atoms with Gasteiger partial charge in [-0.25, -0.2) is 18.4 Å². The molecule has 0 bridgehead atoms. The molecule has 1 amide bonds. The number of nitro benzene ring substituents is 1. The molecule has 2 aromatic rings. The Morgan fingerprint density at radius 3 is 2.46 bits per heavy atom. The Hall–Kier alpha value is -3.56. The summed E-state index contributed by atoms with van der Waals surface area (Å²) in [5.74, 6) is -2.28. The predicted octanol–water partition coefficient (Wildman–Crippen LogP) is 3.52. The second-order valence-electron chi connectivity index (χ2n) is 6.18. The fourth-order valence-electron chi connectivity index (χ4n) is 3.10. The summed E-state index contributed by atoms with van der Waals surface area (Å²) in [5, 5.41) is 20.0. The minimum atomic E-state index is -1.36. The summed E-state index contributed by atoms with van der Waals surface area (Å²) in [5.41, 5.74) is -0.291. The smallest absolute Gasteiger partial charge is 0.407 e. The Morgan fingerprint density at radius 2 is 1.86 bits per heavy atom. The highest BCUT2D eigenvalue weighted by molar-refractivity contribution is 5.89. The van der Waals surface area contributed by atoms with Crippen LogP contribution in [-0.4, -0.2) is 39.6 Å². The van der Waals surface area contributed by atoms with Crippen LogP contribution < -0.4 is 0 Å². The zero-order valence-electron chi connectivity index (χ0n) is 14.2. The van der Waals surface area contributed by atoms with Gasteiger partial charge in [0.05, 0.1) is 23.1 Å². The molecule has 0 saturated carbocycles. The minimum absolute atomic E-state index is 0.0489. The number of carbonyl (C=O) groups excluding carboxylic acids is 1. The van der Waals surface area contributed by atoms with Crippen molar-refractivity contribution in [2.75, 3.05) is 6.54 Å². The van der Waals surface area contributed by atoms with E-state index in [4.69, 9.17) is 4.74 Å². The van der Waals surface area contributed by atoms with Crippen molar-refractivity contribution in [3.8, 4) is 0 Å². The molecule has 10 heteroatoms. The van der Waals surface area contributed by atoms with E-state index in [9.17, 15) is 33.6 Å². The van der Waals surface area contributed by atoms with Gasteiger partial charge in [-0.15, -0.1) is 0 Å². The van der Waals surface area contributed by atoms with Gasteiger partial charge >= 0.3 is 12.1 Å². The van der Waals surface area contributed by atoms with E-state index in [0.717, 1.165) is 35.2 Å². The molecule has 1 N–H and O–H groups in total. The second-order valence-corrected chi connectivity index (χ2v) is 6.18. The van der Waals surface area contributed by atoms with Gasteiger partial charge in [-0.2, -0.15) is 0 Å². The molecular weight excluding hydrogens is 378 g/mol. The number of carbonyl (C=O) groups is 2. The number of amides is 1. The highest BCUT2D eigenvalue weighted by atomic mass is 19.1. The quantitative estimate of drug-likeness (QED) is 0.484. The van der Waals surface area contributed by atoms with Crippen molar-refractivity contribution in [3.05, 3.63) is 75.3 Å². The van der Waals surface area contributed by atoms with Gasteiger partial charge in [0.25, 0.3) is 5.69 Å². The molecule has 0 aromatic heterocycles. The molecule has 8 nitrogen and oxygen atoms in total. The van der Waals surface area contributed by atoms with Crippen molar-refractivity contribution in [2.45, 2.75) is 18.6 Å². The highest BCUT2D eigenvalue weighted by Gasteiger charge is 2.39. The normalized spacial score (nSPS) is 18.7. The van der Waals surface area contributed by atoms with Crippen LogP contribution in [0.4, 0.5) is 19.3 Å². The number of nitrogens with zero attached hydrogens (tertiary/aromatic N) is 2. The lowest BCUT2D eigenvalue weighted by atomic mass is 10.0. The lowest BCUT2D eigenvalue weighted by molar-refractivity contribution is -0.384. The number of ether oxygens (including phenoxy) is 1. The van der Waals surface area contributed by atoms with Gasteiger partial charge in [-0.05, 0) is 30.3 Å². The minimum Gasteiger partial charge on any atom is -0.465 e. The predicted molar refractivity (Wildman–Crippen MR) is 90.7 cm³/mol. The molecule has 146 valence electrons. The van der Waals surface area contributed by atoms with Crippen LogP contribution in [0.25, 0.3) is 0 Å². The molecule has 1 aliphatic heterocycles. The summed E-state index contributed by atoms with van der Waals surface area (Å²) < 4.78 is 32.8. The molecular formula is C18H14F2N2O6. The summed E-state index contributed by atoms with van der Waals surface area (Å²) in [6.45, 7) is -0.214. The Kier molecular flexibility index (Phi) is 5.21. The molecule has 1 heterocycles. The molecule has 0 unspecified atom stereocenters. The number of esters is 1. The van der Waals surface area contributed by atoms with Crippen LogP contribution >= 0.6 is 0 Å². The van der Waals surface area contributed by atoms with Gasteiger partial charge in [0.1, 0.15) is 17.7 Å². The zero-order valence-corrected chi connectivity index (χ0v) is 14.2. The number of rotatable bonds is 4. The summed E-state index contributed by atoms with van der Waals surface area (Å²) in [4.78, 5) is 34.6. The van der Waals surface area contributed by atoms with E-state index in [1.165, 1.54) is 12.1 Å². The molecule has 3 rings (SSSR count). The van der Waals surface area contributed by atoms with E-state index in [0.29, 0.717) is 0 Å². The zero-order chi connectivity index (χ0) is 20.4. The largest absolute Gasteiger partial charge is 0.465 e. The SMILES string of the molecule is O=C(O[C@H]1C[C@@H](c2cc(F)ccc2F)N(C(=O)O)C1)c1ccc([N+](=O)[O-])cc1. The number of non-ortho nitro benzene ring substituents is 1. The third kappa shape index (κ3) is 3.90. The summed E-state index contributed by atoms with van der Waals surface area (Å²) in [6.07, 6.45) is -2.29. The first-order valence-corrected chi connectivity index (χ1v) is 8.16. The number of nitro groups is 1. The van der Waals surface area contributed by atoms with E-state index >= 15 is 0 Å². The maximum Gasteiger partial charge on any atom is 0.407 e. The van der Waals surface area contributed by atoms with Crippen LogP contribution in [0.1, 0.15) is 28.4 Å². The van der Waals surface area contributed by atoms with Crippen molar-refractivity contribution in [3.63, 3.8) is 0 Å². The third-order valence-electron chi connectivity index (χ3n) is 4.41. The van der Waals surface area contributed by atoms with E-state index in [1.807, 2.05) is 0 Å². The number of hydrogen-bond donors (Lipinski definition) is 1. The van der Waals surface area contributed by atoms with Crippen LogP contribution in [0, 0.1) is 21.7 Å². The van der Waals surface area contributed by atoms with Crippen molar-refractivity contribution in [2.24, 2.45) is 0 Å². The van der Waals surface area contributed by atoms with Crippen LogP contribution in [0.2, 0.25) is 0 Å². The Labute approximate surface area is 157 Å². The second kappa shape index (κ2) is 7.59. The molecule has 2 aromatic carbocycles. The summed E-state index contributed by atoms with van der Waals surface area (Å²) in [7, 11) is 0. The maximum atomic E-state index is 14.1. The number of hydrogen-bond acceptors (Lipinski definition) is 5. The summed E-state index contributed by atoms with van der Waals surface area (Å²) >= 11 is 0. The first-order valence-electron chi connectivity index (χ1n) is 8.16. The monoisotopic (exact) mass is 392 g/mol. The first-order chi connectivity index (χ1) is 13.3. The van der Waals surface area contributed by atoms with E-state index in [1.54, 1.807) is 0 Å². The number of benzene rings is 2. The van der Waals surface area contributed by atoms with E-state index in [2.05, 4.69) is 0 Å². The number of halogens is 2. The van der Waals surface area contributed by atoms with Crippen LogP contribution in [0.15, 0.2) is 42.5 Å².